The third-order valence-electron chi connectivity index (χ3n) is 4.28. The molecule has 0 aromatic heterocycles. The number of nitrogens with one attached hydrogen (secondary N) is 1. The van der Waals surface area contributed by atoms with Crippen LogP contribution in [0, 0.1) is 19.7 Å². The van der Waals surface area contributed by atoms with Crippen LogP contribution in [0.1, 0.15) is 49.4 Å². The average Bonchev–Trinajstić information content (AvgIpc) is 2.59. The summed E-state index contributed by atoms with van der Waals surface area (Å²) in [6.07, 6.45) is 0.722. The number of amides is 1. The number of rotatable bonds is 7. The maximum absolute atomic E-state index is 13.0. The minimum atomic E-state index is -0.606. The number of ether oxygens (including phenoxy) is 1. The third kappa shape index (κ3) is 5.05. The Bertz CT molecular complexity index is 712. The summed E-state index contributed by atoms with van der Waals surface area (Å²) in [4.78, 5) is 12.7. The monoisotopic (exact) mass is 343 g/mol. The number of aryl methyl sites for hydroxylation is 2. The lowest BCUT2D eigenvalue weighted by atomic mass is 9.97. The first-order chi connectivity index (χ1) is 11.9. The molecule has 25 heavy (non-hydrogen) atoms. The molecule has 0 aliphatic rings. The van der Waals surface area contributed by atoms with Crippen LogP contribution in [0.25, 0.3) is 0 Å². The molecule has 0 saturated carbocycles. The predicted octanol–water partition coefficient (Wildman–Crippen LogP) is 4.87. The quantitative estimate of drug-likeness (QED) is 0.779. The van der Waals surface area contributed by atoms with E-state index in [1.54, 1.807) is 0 Å². The summed E-state index contributed by atoms with van der Waals surface area (Å²) in [7, 11) is 0. The van der Waals surface area contributed by atoms with Gasteiger partial charge in [0, 0.05) is 0 Å². The summed E-state index contributed by atoms with van der Waals surface area (Å²) in [5, 5.41) is 3.09. The number of carbonyl (C=O) groups is 1. The molecule has 0 saturated heterocycles. The van der Waals surface area contributed by atoms with E-state index in [0.717, 1.165) is 12.0 Å². The molecule has 0 spiro atoms. The molecule has 2 aromatic carbocycles. The highest BCUT2D eigenvalue weighted by Gasteiger charge is 2.22. The second-order valence-electron chi connectivity index (χ2n) is 6.30. The van der Waals surface area contributed by atoms with E-state index in [-0.39, 0.29) is 17.8 Å². The van der Waals surface area contributed by atoms with Gasteiger partial charge in [0.05, 0.1) is 6.04 Å². The highest BCUT2D eigenvalue weighted by Crippen LogP contribution is 2.22. The fourth-order valence-electron chi connectivity index (χ4n) is 2.88. The van der Waals surface area contributed by atoms with Crippen LogP contribution < -0.4 is 10.1 Å². The van der Waals surface area contributed by atoms with Crippen molar-refractivity contribution in [1.29, 1.82) is 0 Å². The normalized spacial score (nSPS) is 13.2. The second kappa shape index (κ2) is 8.65. The summed E-state index contributed by atoms with van der Waals surface area (Å²) in [6.45, 7) is 8.06. The van der Waals surface area contributed by atoms with Crippen LogP contribution in [0.4, 0.5) is 4.39 Å². The molecule has 3 nitrogen and oxygen atoms in total. The largest absolute Gasteiger partial charge is 0.481 e. The van der Waals surface area contributed by atoms with E-state index < -0.39 is 6.10 Å². The van der Waals surface area contributed by atoms with Crippen molar-refractivity contribution in [2.75, 3.05) is 0 Å². The molecule has 2 aromatic rings. The lowest BCUT2D eigenvalue weighted by Gasteiger charge is -2.23. The number of hydrogen-bond donors (Lipinski definition) is 1. The minimum Gasteiger partial charge on any atom is -0.481 e. The smallest absolute Gasteiger partial charge is 0.261 e. The standard InChI is InChI=1S/C21H26FNO2/c1-5-19(18-12-7-14(3)13-15(18)4)23-21(24)20(6-2)25-17-10-8-16(22)9-11-17/h7-13,19-20H,5-6H2,1-4H3,(H,23,24). The molecule has 2 unspecified atom stereocenters. The summed E-state index contributed by atoms with van der Waals surface area (Å²) in [5.74, 6) is 0.00681. The second-order valence-corrected chi connectivity index (χ2v) is 6.30. The fraction of sp³-hybridized carbons (Fsp3) is 0.381. The van der Waals surface area contributed by atoms with E-state index in [0.29, 0.717) is 12.2 Å². The van der Waals surface area contributed by atoms with Crippen LogP contribution in [0.3, 0.4) is 0 Å². The fourth-order valence-corrected chi connectivity index (χ4v) is 2.88. The first-order valence-corrected chi connectivity index (χ1v) is 8.74. The van der Waals surface area contributed by atoms with Crippen LogP contribution in [-0.2, 0) is 4.79 Å². The van der Waals surface area contributed by atoms with Gasteiger partial charge < -0.3 is 10.1 Å². The summed E-state index contributed by atoms with van der Waals surface area (Å²) < 4.78 is 18.7. The zero-order valence-corrected chi connectivity index (χ0v) is 15.3. The lowest BCUT2D eigenvalue weighted by Crippen LogP contribution is -2.40. The zero-order valence-electron chi connectivity index (χ0n) is 15.3. The van der Waals surface area contributed by atoms with Crippen molar-refractivity contribution in [3.8, 4) is 5.75 Å². The van der Waals surface area contributed by atoms with Gasteiger partial charge in [0.1, 0.15) is 11.6 Å². The molecule has 134 valence electrons. The van der Waals surface area contributed by atoms with Crippen molar-refractivity contribution in [3.05, 3.63) is 65.0 Å². The molecule has 1 N–H and O–H groups in total. The minimum absolute atomic E-state index is 0.0565. The first-order valence-electron chi connectivity index (χ1n) is 8.74. The number of carbonyl (C=O) groups excluding carboxylic acids is 1. The molecule has 0 bridgehead atoms. The van der Waals surface area contributed by atoms with Crippen LogP contribution in [0.15, 0.2) is 42.5 Å². The van der Waals surface area contributed by atoms with E-state index in [4.69, 9.17) is 4.74 Å². The molecule has 0 aliphatic carbocycles. The van der Waals surface area contributed by atoms with Gasteiger partial charge >= 0.3 is 0 Å². The Morgan fingerprint density at radius 3 is 2.32 bits per heavy atom. The lowest BCUT2D eigenvalue weighted by molar-refractivity contribution is -0.128. The third-order valence-corrected chi connectivity index (χ3v) is 4.28. The van der Waals surface area contributed by atoms with Crippen molar-refractivity contribution in [1.82, 2.24) is 5.32 Å². The van der Waals surface area contributed by atoms with E-state index in [2.05, 4.69) is 37.4 Å². The van der Waals surface area contributed by atoms with Crippen molar-refractivity contribution in [2.45, 2.75) is 52.7 Å². The van der Waals surface area contributed by atoms with Gasteiger partial charge in [-0.1, -0.05) is 37.6 Å². The van der Waals surface area contributed by atoms with Gasteiger partial charge in [-0.25, -0.2) is 4.39 Å². The topological polar surface area (TPSA) is 38.3 Å². The maximum Gasteiger partial charge on any atom is 0.261 e. The van der Waals surface area contributed by atoms with E-state index in [9.17, 15) is 9.18 Å². The van der Waals surface area contributed by atoms with Crippen molar-refractivity contribution in [3.63, 3.8) is 0 Å². The van der Waals surface area contributed by atoms with Gasteiger partial charge in [-0.3, -0.25) is 4.79 Å². The predicted molar refractivity (Wildman–Crippen MR) is 98.2 cm³/mol. The van der Waals surface area contributed by atoms with E-state index in [1.165, 1.54) is 35.4 Å². The van der Waals surface area contributed by atoms with Gasteiger partial charge in [0.25, 0.3) is 5.91 Å². The molecular weight excluding hydrogens is 317 g/mol. The summed E-state index contributed by atoms with van der Waals surface area (Å²) in [5.41, 5.74) is 3.49. The Balaban J connectivity index is 2.09. The Labute approximate surface area is 149 Å². The van der Waals surface area contributed by atoms with Gasteiger partial charge in [-0.05, 0) is 62.1 Å². The van der Waals surface area contributed by atoms with Gasteiger partial charge in [0.2, 0.25) is 0 Å². The Morgan fingerprint density at radius 2 is 1.76 bits per heavy atom. The Hall–Kier alpha value is -2.36. The molecular formula is C21H26FNO2. The number of halogens is 1. The van der Waals surface area contributed by atoms with Crippen LogP contribution in [0.5, 0.6) is 5.75 Å². The van der Waals surface area contributed by atoms with Crippen molar-refractivity contribution in [2.24, 2.45) is 0 Å². The highest BCUT2D eigenvalue weighted by atomic mass is 19.1. The number of benzene rings is 2. The maximum atomic E-state index is 13.0. The molecule has 0 heterocycles. The molecule has 0 aliphatic heterocycles. The molecule has 0 fully saturated rings. The van der Waals surface area contributed by atoms with Crippen LogP contribution in [-0.4, -0.2) is 12.0 Å². The summed E-state index contributed by atoms with van der Waals surface area (Å²) >= 11 is 0. The molecule has 1 amide bonds. The van der Waals surface area contributed by atoms with Crippen LogP contribution >= 0.6 is 0 Å². The van der Waals surface area contributed by atoms with Gasteiger partial charge in [-0.2, -0.15) is 0 Å². The SMILES string of the molecule is CCC(Oc1ccc(F)cc1)C(=O)NC(CC)c1ccc(C)cc1C. The first kappa shape index (κ1) is 19.0. The van der Waals surface area contributed by atoms with Gasteiger partial charge in [-0.15, -0.1) is 0 Å². The molecule has 0 radical (unpaired) electrons. The zero-order chi connectivity index (χ0) is 18.4. The Morgan fingerprint density at radius 1 is 1.08 bits per heavy atom. The van der Waals surface area contributed by atoms with E-state index >= 15 is 0 Å². The van der Waals surface area contributed by atoms with E-state index in [1.807, 2.05) is 13.8 Å². The molecule has 2 rings (SSSR count). The average molecular weight is 343 g/mol. The highest BCUT2D eigenvalue weighted by molar-refractivity contribution is 5.81. The molecule has 2 atom stereocenters. The van der Waals surface area contributed by atoms with Crippen LogP contribution in [0.2, 0.25) is 0 Å². The summed E-state index contributed by atoms with van der Waals surface area (Å²) in [6, 6.07) is 11.9. The van der Waals surface area contributed by atoms with Gasteiger partial charge in [0.15, 0.2) is 6.10 Å². The van der Waals surface area contributed by atoms with Crippen molar-refractivity contribution < 1.29 is 13.9 Å². The van der Waals surface area contributed by atoms with Crippen molar-refractivity contribution >= 4 is 5.91 Å². The number of hydrogen-bond acceptors (Lipinski definition) is 2. The Kier molecular flexibility index (Phi) is 6.57. The molecule has 4 heteroatoms.